The summed E-state index contributed by atoms with van der Waals surface area (Å²) >= 11 is 0. The van der Waals surface area contributed by atoms with E-state index < -0.39 is 0 Å². The van der Waals surface area contributed by atoms with Crippen molar-refractivity contribution in [3.05, 3.63) is 127 Å². The zero-order valence-corrected chi connectivity index (χ0v) is 34.4. The third-order valence-electron chi connectivity index (χ3n) is 16.2. The lowest BCUT2D eigenvalue weighted by Gasteiger charge is -2.56. The number of nitrogens with zero attached hydrogens (tertiary/aromatic N) is 5. The highest BCUT2D eigenvalue weighted by Crippen LogP contribution is 2.60. The van der Waals surface area contributed by atoms with E-state index in [0.717, 1.165) is 64.2 Å². The maximum atomic E-state index is 5.71. The average Bonchev–Trinajstić information content (AvgIpc) is 3.76. The average molecular weight is 772 g/mol. The van der Waals surface area contributed by atoms with Crippen molar-refractivity contribution in [1.82, 2.24) is 24.1 Å². The van der Waals surface area contributed by atoms with Gasteiger partial charge in [-0.3, -0.25) is 0 Å². The Morgan fingerprint density at radius 1 is 0.492 bits per heavy atom. The van der Waals surface area contributed by atoms with E-state index in [1.165, 1.54) is 120 Å². The zero-order chi connectivity index (χ0) is 39.0. The SMILES string of the molecule is CC1CC2CC(C1)CC(C)(c1nc(-c3cccc(-n4c5ccccc5c5ccc6c(c7ccccc7n6-c6ccccc6)c54)c3)nc(C34CC5CC(CC(C5)C3)C4)n1)C2. The summed E-state index contributed by atoms with van der Waals surface area (Å²) in [4.78, 5) is 17.0. The van der Waals surface area contributed by atoms with Gasteiger partial charge in [-0.25, -0.2) is 15.0 Å². The van der Waals surface area contributed by atoms with Gasteiger partial charge in [0.2, 0.25) is 0 Å². The van der Waals surface area contributed by atoms with Crippen molar-refractivity contribution in [3.63, 3.8) is 0 Å². The van der Waals surface area contributed by atoms with Gasteiger partial charge in [-0.1, -0.05) is 86.6 Å². The van der Waals surface area contributed by atoms with E-state index in [9.17, 15) is 0 Å². The second-order valence-electron chi connectivity index (χ2n) is 20.5. The molecular formula is C54H53N5. The molecule has 6 fully saturated rings. The van der Waals surface area contributed by atoms with Gasteiger partial charge in [0.15, 0.2) is 5.82 Å². The maximum Gasteiger partial charge on any atom is 0.163 e. The molecule has 0 spiro atoms. The van der Waals surface area contributed by atoms with Gasteiger partial charge in [0.05, 0.1) is 22.1 Å². The summed E-state index contributed by atoms with van der Waals surface area (Å²) in [7, 11) is 0. The highest BCUT2D eigenvalue weighted by atomic mass is 15.1. The van der Waals surface area contributed by atoms with Crippen LogP contribution in [0.1, 0.15) is 96.1 Å². The number of aromatic nitrogens is 5. The fraction of sp³-hybridized carbons (Fsp3) is 0.389. The number of para-hydroxylation sites is 3. The topological polar surface area (TPSA) is 48.5 Å². The van der Waals surface area contributed by atoms with Gasteiger partial charge in [-0.05, 0) is 149 Å². The Bertz CT molecular complexity index is 2920. The van der Waals surface area contributed by atoms with Crippen LogP contribution in [0.5, 0.6) is 0 Å². The minimum Gasteiger partial charge on any atom is -0.309 e. The Morgan fingerprint density at radius 3 is 1.80 bits per heavy atom. The second kappa shape index (κ2) is 12.6. The van der Waals surface area contributed by atoms with Gasteiger partial charge in [0.1, 0.15) is 11.6 Å². The molecule has 2 atom stereocenters. The molecule has 6 saturated carbocycles. The van der Waals surface area contributed by atoms with Crippen LogP contribution in [0.4, 0.5) is 0 Å². The van der Waals surface area contributed by atoms with Crippen LogP contribution in [0, 0.1) is 35.5 Å². The van der Waals surface area contributed by atoms with Crippen molar-refractivity contribution in [2.24, 2.45) is 35.5 Å². The lowest BCUT2D eigenvalue weighted by atomic mass is 9.49. The maximum absolute atomic E-state index is 5.71. The van der Waals surface area contributed by atoms with Crippen LogP contribution >= 0.6 is 0 Å². The van der Waals surface area contributed by atoms with Gasteiger partial charge in [0, 0.05) is 49.3 Å². The lowest BCUT2D eigenvalue weighted by molar-refractivity contribution is -0.00987. The fourth-order valence-electron chi connectivity index (χ4n) is 14.6. The van der Waals surface area contributed by atoms with Crippen LogP contribution in [-0.2, 0) is 10.8 Å². The molecule has 0 saturated heterocycles. The number of rotatable bonds is 5. The number of fused-ring (bicyclic) bond motifs is 9. The summed E-state index contributed by atoms with van der Waals surface area (Å²) in [5.41, 5.74) is 8.37. The smallest absolute Gasteiger partial charge is 0.163 e. The first-order valence-corrected chi connectivity index (χ1v) is 22.8. The highest BCUT2D eigenvalue weighted by Gasteiger charge is 2.54. The summed E-state index contributed by atoms with van der Waals surface area (Å²) in [6, 6.07) is 42.5. The molecule has 5 aromatic carbocycles. The molecule has 294 valence electrons. The number of benzene rings is 5. The quantitative estimate of drug-likeness (QED) is 0.175. The Balaban J connectivity index is 1.02. The molecule has 5 nitrogen and oxygen atoms in total. The molecule has 0 amide bonds. The molecule has 6 aliphatic carbocycles. The van der Waals surface area contributed by atoms with Crippen LogP contribution in [-0.4, -0.2) is 24.1 Å². The van der Waals surface area contributed by atoms with Crippen LogP contribution in [0.25, 0.3) is 66.4 Å². The van der Waals surface area contributed by atoms with E-state index in [1.807, 2.05) is 0 Å². The molecule has 3 heterocycles. The number of hydrogen-bond donors (Lipinski definition) is 0. The minimum absolute atomic E-state index is 0.0223. The first-order valence-electron chi connectivity index (χ1n) is 22.8. The van der Waals surface area contributed by atoms with Gasteiger partial charge >= 0.3 is 0 Å². The Kier molecular flexibility index (Phi) is 7.39. The van der Waals surface area contributed by atoms with Crippen molar-refractivity contribution in [1.29, 1.82) is 0 Å². The van der Waals surface area contributed by atoms with Crippen LogP contribution in [0.15, 0.2) is 115 Å². The van der Waals surface area contributed by atoms with Crippen molar-refractivity contribution >= 4 is 43.6 Å². The van der Waals surface area contributed by atoms with Gasteiger partial charge < -0.3 is 9.13 Å². The Hall–Kier alpha value is -5.29. The summed E-state index contributed by atoms with van der Waals surface area (Å²) in [6.45, 7) is 4.99. The summed E-state index contributed by atoms with van der Waals surface area (Å²) < 4.78 is 4.95. The highest BCUT2D eigenvalue weighted by molar-refractivity contribution is 6.26. The van der Waals surface area contributed by atoms with Crippen molar-refractivity contribution in [3.8, 4) is 22.8 Å². The van der Waals surface area contributed by atoms with Gasteiger partial charge in [0.25, 0.3) is 0 Å². The largest absolute Gasteiger partial charge is 0.309 e. The predicted molar refractivity (Wildman–Crippen MR) is 240 cm³/mol. The van der Waals surface area contributed by atoms with E-state index in [1.54, 1.807) is 0 Å². The third kappa shape index (κ3) is 5.25. The van der Waals surface area contributed by atoms with Crippen LogP contribution in [0.3, 0.4) is 0 Å². The molecule has 6 bridgehead atoms. The zero-order valence-electron chi connectivity index (χ0n) is 34.4. The van der Waals surface area contributed by atoms with E-state index >= 15 is 0 Å². The van der Waals surface area contributed by atoms with E-state index in [-0.39, 0.29) is 10.8 Å². The first kappa shape index (κ1) is 34.6. The standard InChI is InChI=1S/C54H53N5/c1-33-21-34-23-35(22-33)29-53(2,28-34)51-55-50(56-52(57-51)54-30-36-24-37(31-54)26-38(25-36)32-54)39-11-10-14-41(27-39)59-45-17-8-6-15-42(45)43-19-20-47-48(49(43)59)44-16-7-9-18-46(44)58(47)40-12-4-3-5-13-40/h3-20,27,33-38H,21-26,28-32H2,1-2H3. The minimum atomic E-state index is -0.0223. The van der Waals surface area contributed by atoms with Crippen LogP contribution < -0.4 is 0 Å². The Morgan fingerprint density at radius 2 is 1.08 bits per heavy atom. The predicted octanol–water partition coefficient (Wildman–Crippen LogP) is 13.3. The molecule has 14 rings (SSSR count). The summed E-state index contributed by atoms with van der Waals surface area (Å²) in [5, 5.41) is 5.08. The van der Waals surface area contributed by atoms with Crippen molar-refractivity contribution < 1.29 is 0 Å². The van der Waals surface area contributed by atoms with Gasteiger partial charge in [-0.2, -0.15) is 0 Å². The molecule has 2 unspecified atom stereocenters. The molecule has 8 aromatic rings. The van der Waals surface area contributed by atoms with Crippen molar-refractivity contribution in [2.45, 2.75) is 95.3 Å². The molecule has 0 radical (unpaired) electrons. The van der Waals surface area contributed by atoms with E-state index in [2.05, 4.69) is 138 Å². The fourth-order valence-corrected chi connectivity index (χ4v) is 14.6. The second-order valence-corrected chi connectivity index (χ2v) is 20.5. The molecule has 59 heavy (non-hydrogen) atoms. The van der Waals surface area contributed by atoms with E-state index in [0.29, 0.717) is 0 Å². The molecule has 3 aromatic heterocycles. The Labute approximate surface area is 346 Å². The van der Waals surface area contributed by atoms with Gasteiger partial charge in [-0.15, -0.1) is 0 Å². The molecular weight excluding hydrogens is 719 g/mol. The third-order valence-corrected chi connectivity index (χ3v) is 16.2. The van der Waals surface area contributed by atoms with Crippen molar-refractivity contribution in [2.75, 3.05) is 0 Å². The lowest BCUT2D eigenvalue weighted by Crippen LogP contribution is -2.50. The first-order chi connectivity index (χ1) is 28.9. The van der Waals surface area contributed by atoms with E-state index in [4.69, 9.17) is 15.0 Å². The molecule has 0 aliphatic heterocycles. The monoisotopic (exact) mass is 771 g/mol. The normalized spacial score (nSPS) is 29.9. The molecule has 6 aliphatic rings. The summed E-state index contributed by atoms with van der Waals surface area (Å²) in [6.07, 6.45) is 14.5. The molecule has 5 heteroatoms. The molecule has 0 N–H and O–H groups in total. The van der Waals surface area contributed by atoms with Crippen LogP contribution in [0.2, 0.25) is 0 Å². The summed E-state index contributed by atoms with van der Waals surface area (Å²) in [5.74, 6) is 7.95. The number of hydrogen-bond acceptors (Lipinski definition) is 3.